The maximum absolute atomic E-state index is 11.9. The van der Waals surface area contributed by atoms with Gasteiger partial charge in [0.05, 0.1) is 22.5 Å². The summed E-state index contributed by atoms with van der Waals surface area (Å²) < 4.78 is 6.51. The monoisotopic (exact) mass is 351 g/mol. The molecule has 0 saturated carbocycles. The van der Waals surface area contributed by atoms with Gasteiger partial charge in [-0.3, -0.25) is 9.78 Å². The number of thiophene rings is 1. The Labute approximate surface area is 126 Å². The number of rotatable bonds is 3. The molecular weight excluding hydrogens is 342 g/mol. The van der Waals surface area contributed by atoms with Crippen LogP contribution in [0.1, 0.15) is 5.69 Å². The Hall–Kier alpha value is -1.57. The smallest absolute Gasteiger partial charge is 0.265 e. The molecule has 0 aliphatic carbocycles. The molecule has 0 aliphatic heterocycles. The topological polar surface area (TPSA) is 67.9 Å². The molecule has 3 heterocycles. The number of nitrogens with one attached hydrogen (secondary N) is 1. The van der Waals surface area contributed by atoms with E-state index in [1.165, 1.54) is 0 Å². The number of H-pyrrole nitrogens is 1. The van der Waals surface area contributed by atoms with E-state index in [-0.39, 0.29) is 12.2 Å². The molecule has 3 aromatic heterocycles. The van der Waals surface area contributed by atoms with Gasteiger partial charge in [0.25, 0.3) is 5.56 Å². The molecule has 1 N–H and O–H groups in total. The lowest BCUT2D eigenvalue weighted by atomic mass is 10.2. The van der Waals surface area contributed by atoms with Gasteiger partial charge in [0.15, 0.2) is 0 Å². The second-order valence-corrected chi connectivity index (χ2v) is 5.88. The average molecular weight is 352 g/mol. The minimum atomic E-state index is -0.228. The maximum Gasteiger partial charge on any atom is 0.265 e. The molecule has 3 aromatic rings. The molecule has 0 spiro atoms. The Bertz CT molecular complexity index is 828. The van der Waals surface area contributed by atoms with E-state index in [0.29, 0.717) is 16.0 Å². The van der Waals surface area contributed by atoms with Crippen molar-refractivity contribution in [3.05, 3.63) is 44.2 Å². The molecule has 7 heteroatoms. The van der Waals surface area contributed by atoms with Gasteiger partial charge in [-0.05, 0) is 33.4 Å². The lowest BCUT2D eigenvalue weighted by Crippen LogP contribution is -2.14. The van der Waals surface area contributed by atoms with Crippen LogP contribution in [0, 0.1) is 0 Å². The summed E-state index contributed by atoms with van der Waals surface area (Å²) >= 11 is 4.82. The Morgan fingerprint density at radius 2 is 2.35 bits per heavy atom. The van der Waals surface area contributed by atoms with E-state index in [9.17, 15) is 4.79 Å². The molecule has 0 unspecified atom stereocenters. The van der Waals surface area contributed by atoms with Gasteiger partial charge < -0.3 is 9.72 Å². The van der Waals surface area contributed by atoms with Crippen LogP contribution in [-0.2, 0) is 11.3 Å². The number of hydrogen-bond donors (Lipinski definition) is 1. The lowest BCUT2D eigenvalue weighted by molar-refractivity contribution is 0.180. The summed E-state index contributed by atoms with van der Waals surface area (Å²) in [4.78, 5) is 23.4. The zero-order chi connectivity index (χ0) is 14.1. The first-order valence-corrected chi connectivity index (χ1v) is 7.47. The minimum absolute atomic E-state index is 0.228. The number of nitrogens with zero attached hydrogens (tertiary/aromatic N) is 2. The second-order valence-electron chi connectivity index (χ2n) is 4.14. The van der Waals surface area contributed by atoms with E-state index in [4.69, 9.17) is 4.74 Å². The normalized spacial score (nSPS) is 11.1. The number of halogens is 1. The predicted octanol–water partition coefficient (Wildman–Crippen LogP) is 2.96. The summed E-state index contributed by atoms with van der Waals surface area (Å²) in [6.07, 6.45) is 1.71. The van der Waals surface area contributed by atoms with E-state index in [0.717, 1.165) is 15.8 Å². The van der Waals surface area contributed by atoms with Crippen molar-refractivity contribution in [1.82, 2.24) is 15.0 Å². The Morgan fingerprint density at radius 3 is 3.15 bits per heavy atom. The van der Waals surface area contributed by atoms with Crippen LogP contribution in [0.2, 0.25) is 0 Å². The first-order valence-electron chi connectivity index (χ1n) is 5.80. The highest BCUT2D eigenvalue weighted by atomic mass is 79.9. The van der Waals surface area contributed by atoms with Crippen molar-refractivity contribution >= 4 is 37.5 Å². The summed E-state index contributed by atoms with van der Waals surface area (Å²) in [5, 5.41) is 1.98. The van der Waals surface area contributed by atoms with Gasteiger partial charge in [0.1, 0.15) is 10.3 Å². The molecular formula is C13H10BrN3O2S. The zero-order valence-corrected chi connectivity index (χ0v) is 12.9. The Morgan fingerprint density at radius 1 is 1.50 bits per heavy atom. The van der Waals surface area contributed by atoms with Gasteiger partial charge in [0, 0.05) is 18.9 Å². The Balaban J connectivity index is 2.15. The van der Waals surface area contributed by atoms with Crippen LogP contribution >= 0.6 is 27.3 Å². The van der Waals surface area contributed by atoms with Crippen molar-refractivity contribution in [3.63, 3.8) is 0 Å². The molecule has 0 saturated heterocycles. The first-order chi connectivity index (χ1) is 9.69. The quantitative estimate of drug-likeness (QED) is 0.787. The van der Waals surface area contributed by atoms with Crippen LogP contribution in [0.3, 0.4) is 0 Å². The van der Waals surface area contributed by atoms with E-state index in [2.05, 4.69) is 30.9 Å². The summed E-state index contributed by atoms with van der Waals surface area (Å²) in [7, 11) is 1.56. The van der Waals surface area contributed by atoms with Gasteiger partial charge in [-0.15, -0.1) is 11.3 Å². The molecule has 0 fully saturated rings. The fourth-order valence-corrected chi connectivity index (χ4v) is 2.93. The van der Waals surface area contributed by atoms with E-state index >= 15 is 0 Å². The van der Waals surface area contributed by atoms with E-state index < -0.39 is 0 Å². The van der Waals surface area contributed by atoms with Gasteiger partial charge in [-0.1, -0.05) is 0 Å². The molecule has 0 aliphatic rings. The van der Waals surface area contributed by atoms with Crippen LogP contribution in [0.4, 0.5) is 0 Å². The number of aromatic amines is 1. The summed E-state index contributed by atoms with van der Waals surface area (Å²) in [5.74, 6) is 0.494. The number of aromatic nitrogens is 3. The predicted molar refractivity (Wildman–Crippen MR) is 81.9 cm³/mol. The van der Waals surface area contributed by atoms with Crippen molar-refractivity contribution in [2.75, 3.05) is 7.11 Å². The molecule has 0 bridgehead atoms. The van der Waals surface area contributed by atoms with E-state index in [1.807, 2.05) is 17.5 Å². The standard InChI is InChI=1S/C13H10BrN3O2S/c1-19-6-9-11(14)13(18)17-12(16-9)7-4-10-8(15-5-7)2-3-20-10/h2-5H,6H2,1H3,(H,16,17,18). The average Bonchev–Trinajstić information content (AvgIpc) is 2.91. The number of hydrogen-bond acceptors (Lipinski definition) is 5. The van der Waals surface area contributed by atoms with Gasteiger partial charge in [-0.25, -0.2) is 4.98 Å². The highest BCUT2D eigenvalue weighted by Crippen LogP contribution is 2.24. The summed E-state index contributed by atoms with van der Waals surface area (Å²) in [5.41, 5.74) is 2.06. The summed E-state index contributed by atoms with van der Waals surface area (Å²) in [6.45, 7) is 0.270. The fourth-order valence-electron chi connectivity index (χ4n) is 1.85. The number of ether oxygens (including phenoxy) is 1. The van der Waals surface area contributed by atoms with Crippen LogP contribution in [0.15, 0.2) is 33.0 Å². The van der Waals surface area contributed by atoms with Gasteiger partial charge in [-0.2, -0.15) is 0 Å². The first kappa shape index (κ1) is 13.4. The summed E-state index contributed by atoms with van der Waals surface area (Å²) in [6, 6.07) is 3.92. The molecule has 0 atom stereocenters. The van der Waals surface area contributed by atoms with Gasteiger partial charge >= 0.3 is 0 Å². The third-order valence-electron chi connectivity index (χ3n) is 2.79. The SMILES string of the molecule is COCc1nc(-c2cnc3ccsc3c2)[nH]c(=O)c1Br. The lowest BCUT2D eigenvalue weighted by Gasteiger charge is -2.06. The molecule has 20 heavy (non-hydrogen) atoms. The highest BCUT2D eigenvalue weighted by molar-refractivity contribution is 9.10. The molecule has 0 radical (unpaired) electrons. The number of pyridine rings is 1. The zero-order valence-electron chi connectivity index (χ0n) is 10.5. The minimum Gasteiger partial charge on any atom is -0.378 e. The van der Waals surface area contributed by atoms with Gasteiger partial charge in [0.2, 0.25) is 0 Å². The number of fused-ring (bicyclic) bond motifs is 1. The van der Waals surface area contributed by atoms with Crippen LogP contribution in [0.5, 0.6) is 0 Å². The molecule has 0 amide bonds. The van der Waals surface area contributed by atoms with Crippen molar-refractivity contribution in [2.45, 2.75) is 6.61 Å². The van der Waals surface area contributed by atoms with Crippen molar-refractivity contribution in [1.29, 1.82) is 0 Å². The number of methoxy groups -OCH3 is 1. The molecule has 5 nitrogen and oxygen atoms in total. The van der Waals surface area contributed by atoms with Crippen molar-refractivity contribution in [2.24, 2.45) is 0 Å². The fraction of sp³-hybridized carbons (Fsp3) is 0.154. The third kappa shape index (κ3) is 2.39. The van der Waals surface area contributed by atoms with Crippen LogP contribution in [0.25, 0.3) is 21.6 Å². The van der Waals surface area contributed by atoms with Crippen LogP contribution in [-0.4, -0.2) is 22.1 Å². The third-order valence-corrected chi connectivity index (χ3v) is 4.46. The van der Waals surface area contributed by atoms with E-state index in [1.54, 1.807) is 24.6 Å². The maximum atomic E-state index is 11.9. The van der Waals surface area contributed by atoms with Crippen LogP contribution < -0.4 is 5.56 Å². The largest absolute Gasteiger partial charge is 0.378 e. The second kappa shape index (κ2) is 5.43. The molecule has 0 aromatic carbocycles. The Kier molecular flexibility index (Phi) is 3.64. The molecule has 3 rings (SSSR count). The van der Waals surface area contributed by atoms with Crippen molar-refractivity contribution in [3.8, 4) is 11.4 Å². The molecule has 102 valence electrons. The van der Waals surface area contributed by atoms with Crippen molar-refractivity contribution < 1.29 is 4.74 Å². The highest BCUT2D eigenvalue weighted by Gasteiger charge is 2.11.